The van der Waals surface area contributed by atoms with Gasteiger partial charge in [-0.1, -0.05) is 0 Å². The van der Waals surface area contributed by atoms with Gasteiger partial charge in [0.15, 0.2) is 0 Å². The molecule has 1 saturated carbocycles. The van der Waals surface area contributed by atoms with Gasteiger partial charge in [0.05, 0.1) is 6.04 Å². The van der Waals surface area contributed by atoms with Gasteiger partial charge in [0, 0.05) is 5.92 Å². The van der Waals surface area contributed by atoms with Crippen molar-refractivity contribution >= 4 is 0 Å². The molecule has 1 N–H and O–H groups in total. The zero-order chi connectivity index (χ0) is 7.90. The van der Waals surface area contributed by atoms with E-state index in [1.54, 1.807) is 0 Å². The molecule has 3 heteroatoms. The zero-order valence-electron chi connectivity index (χ0n) is 6.45. The van der Waals surface area contributed by atoms with Crippen LogP contribution in [0.4, 0.5) is 8.78 Å². The van der Waals surface area contributed by atoms with Crippen LogP contribution in [0.2, 0.25) is 0 Å². The smallest absolute Gasteiger partial charge is 0.265 e. The van der Waals surface area contributed by atoms with Crippen molar-refractivity contribution in [2.45, 2.75) is 37.6 Å². The minimum atomic E-state index is -2.42. The SMILES string of the molecule is FC(F)(C1CC1)C1CCCN1. The van der Waals surface area contributed by atoms with Crippen molar-refractivity contribution < 1.29 is 8.78 Å². The van der Waals surface area contributed by atoms with E-state index in [1.165, 1.54) is 0 Å². The van der Waals surface area contributed by atoms with Crippen LogP contribution in [0.25, 0.3) is 0 Å². The lowest BCUT2D eigenvalue weighted by Gasteiger charge is -2.22. The average molecular weight is 161 g/mol. The second kappa shape index (κ2) is 2.41. The maximum Gasteiger partial charge on any atom is 0.265 e. The number of halogens is 2. The fourth-order valence-electron chi connectivity index (χ4n) is 1.77. The van der Waals surface area contributed by atoms with Gasteiger partial charge in [-0.25, -0.2) is 8.78 Å². The molecule has 1 heterocycles. The van der Waals surface area contributed by atoms with Crippen molar-refractivity contribution in [3.63, 3.8) is 0 Å². The highest BCUT2D eigenvalue weighted by molar-refractivity contribution is 4.97. The molecule has 1 unspecified atom stereocenters. The van der Waals surface area contributed by atoms with Crippen LogP contribution < -0.4 is 5.32 Å². The van der Waals surface area contributed by atoms with E-state index in [2.05, 4.69) is 5.32 Å². The van der Waals surface area contributed by atoms with Crippen molar-refractivity contribution in [3.8, 4) is 0 Å². The van der Waals surface area contributed by atoms with Crippen LogP contribution in [0.3, 0.4) is 0 Å². The highest BCUT2D eigenvalue weighted by Gasteiger charge is 2.52. The third-order valence-electron chi connectivity index (χ3n) is 2.65. The summed E-state index contributed by atoms with van der Waals surface area (Å²) in [6.07, 6.45) is 3.02. The Morgan fingerprint density at radius 1 is 1.18 bits per heavy atom. The molecule has 0 aromatic rings. The molecular formula is C8H13F2N. The van der Waals surface area contributed by atoms with Gasteiger partial charge in [-0.3, -0.25) is 0 Å². The summed E-state index contributed by atoms with van der Waals surface area (Å²) in [5.74, 6) is -2.73. The van der Waals surface area contributed by atoms with Crippen LogP contribution in [0.5, 0.6) is 0 Å². The van der Waals surface area contributed by atoms with Crippen LogP contribution in [0.1, 0.15) is 25.7 Å². The summed E-state index contributed by atoms with van der Waals surface area (Å²) in [7, 11) is 0. The van der Waals surface area contributed by atoms with Crippen LogP contribution in [0, 0.1) is 5.92 Å². The minimum absolute atomic E-state index is 0.307. The third-order valence-corrected chi connectivity index (χ3v) is 2.65. The van der Waals surface area contributed by atoms with Crippen LogP contribution in [-0.2, 0) is 0 Å². The summed E-state index contributed by atoms with van der Waals surface area (Å²) in [6.45, 7) is 0.771. The Morgan fingerprint density at radius 3 is 2.36 bits per heavy atom. The van der Waals surface area contributed by atoms with Crippen LogP contribution in [-0.4, -0.2) is 18.5 Å². The minimum Gasteiger partial charge on any atom is -0.309 e. The van der Waals surface area contributed by atoms with Gasteiger partial charge in [0.2, 0.25) is 0 Å². The van der Waals surface area contributed by atoms with Crippen molar-refractivity contribution in [1.29, 1.82) is 0 Å². The van der Waals surface area contributed by atoms with Crippen molar-refractivity contribution in [1.82, 2.24) is 5.32 Å². The molecule has 1 aliphatic carbocycles. The maximum atomic E-state index is 13.3. The van der Waals surface area contributed by atoms with E-state index in [4.69, 9.17) is 0 Å². The highest BCUT2D eigenvalue weighted by atomic mass is 19.3. The number of hydrogen-bond acceptors (Lipinski definition) is 1. The molecule has 0 spiro atoms. The van der Waals surface area contributed by atoms with Crippen molar-refractivity contribution in [2.75, 3.05) is 6.54 Å². The molecular weight excluding hydrogens is 148 g/mol. The number of rotatable bonds is 2. The van der Waals surface area contributed by atoms with Crippen molar-refractivity contribution in [2.24, 2.45) is 5.92 Å². The first kappa shape index (κ1) is 7.47. The Bertz CT molecular complexity index is 148. The monoisotopic (exact) mass is 161 g/mol. The fraction of sp³-hybridized carbons (Fsp3) is 1.00. The lowest BCUT2D eigenvalue weighted by Crippen LogP contribution is -2.42. The molecule has 2 fully saturated rings. The van der Waals surface area contributed by atoms with Crippen LogP contribution in [0.15, 0.2) is 0 Å². The largest absolute Gasteiger partial charge is 0.309 e. The van der Waals surface area contributed by atoms with Gasteiger partial charge < -0.3 is 5.32 Å². The third kappa shape index (κ3) is 1.26. The van der Waals surface area contributed by atoms with Gasteiger partial charge in [0.1, 0.15) is 0 Å². The zero-order valence-corrected chi connectivity index (χ0v) is 6.45. The van der Waals surface area contributed by atoms with Gasteiger partial charge in [-0.05, 0) is 32.2 Å². The molecule has 0 aromatic carbocycles. The summed E-state index contributed by atoms with van der Waals surface area (Å²) in [6, 6.07) is -0.519. The molecule has 1 nitrogen and oxygen atoms in total. The second-order valence-corrected chi connectivity index (χ2v) is 3.60. The van der Waals surface area contributed by atoms with E-state index in [0.29, 0.717) is 6.42 Å². The molecule has 11 heavy (non-hydrogen) atoms. The number of hydrogen-bond donors (Lipinski definition) is 1. The van der Waals surface area contributed by atoms with E-state index < -0.39 is 12.0 Å². The van der Waals surface area contributed by atoms with Gasteiger partial charge >= 0.3 is 0 Å². The summed E-state index contributed by atoms with van der Waals surface area (Å²) in [5.41, 5.74) is 0. The molecule has 2 aliphatic rings. The first-order chi connectivity index (χ1) is 5.21. The Hall–Kier alpha value is -0.180. The molecule has 0 amide bonds. The Morgan fingerprint density at radius 2 is 1.91 bits per heavy atom. The predicted octanol–water partition coefficient (Wildman–Crippen LogP) is 1.78. The van der Waals surface area contributed by atoms with Gasteiger partial charge in [-0.15, -0.1) is 0 Å². The Labute approximate surface area is 65.2 Å². The van der Waals surface area contributed by atoms with E-state index in [1.807, 2.05) is 0 Å². The predicted molar refractivity (Wildman–Crippen MR) is 38.7 cm³/mol. The molecule has 1 aliphatic heterocycles. The molecule has 0 radical (unpaired) electrons. The summed E-state index contributed by atoms with van der Waals surface area (Å²) >= 11 is 0. The molecule has 0 bridgehead atoms. The molecule has 2 rings (SSSR count). The standard InChI is InChI=1S/C8H13F2N/c9-8(10,6-3-4-6)7-2-1-5-11-7/h6-7,11H,1-5H2. The maximum absolute atomic E-state index is 13.3. The molecule has 1 atom stereocenters. The quantitative estimate of drug-likeness (QED) is 0.651. The van der Waals surface area contributed by atoms with Gasteiger partial charge in [-0.2, -0.15) is 0 Å². The fourth-order valence-corrected chi connectivity index (χ4v) is 1.77. The highest BCUT2D eigenvalue weighted by Crippen LogP contribution is 2.46. The number of nitrogens with one attached hydrogen (secondary N) is 1. The molecule has 0 aromatic heterocycles. The molecule has 64 valence electrons. The lowest BCUT2D eigenvalue weighted by molar-refractivity contribution is -0.0527. The van der Waals surface area contributed by atoms with Gasteiger partial charge in [0.25, 0.3) is 5.92 Å². The average Bonchev–Trinajstić information content (AvgIpc) is 2.66. The Balaban J connectivity index is 1.99. The normalized spacial score (nSPS) is 32.7. The Kier molecular flexibility index (Phi) is 1.63. The van der Waals surface area contributed by atoms with E-state index >= 15 is 0 Å². The molecule has 1 saturated heterocycles. The van der Waals surface area contributed by atoms with E-state index in [0.717, 1.165) is 25.8 Å². The first-order valence-electron chi connectivity index (χ1n) is 4.32. The van der Waals surface area contributed by atoms with Crippen LogP contribution >= 0.6 is 0 Å². The summed E-state index contributed by atoms with van der Waals surface area (Å²) < 4.78 is 26.5. The summed E-state index contributed by atoms with van der Waals surface area (Å²) in [5, 5.41) is 2.87. The van der Waals surface area contributed by atoms with E-state index in [-0.39, 0.29) is 5.92 Å². The second-order valence-electron chi connectivity index (χ2n) is 3.60. The van der Waals surface area contributed by atoms with E-state index in [9.17, 15) is 8.78 Å². The first-order valence-corrected chi connectivity index (χ1v) is 4.32. The number of alkyl halides is 2. The van der Waals surface area contributed by atoms with Crippen molar-refractivity contribution in [3.05, 3.63) is 0 Å². The lowest BCUT2D eigenvalue weighted by atomic mass is 10.0. The summed E-state index contributed by atoms with van der Waals surface area (Å²) in [4.78, 5) is 0. The topological polar surface area (TPSA) is 12.0 Å².